The first-order chi connectivity index (χ1) is 10.6. The third-order valence-corrected chi connectivity index (χ3v) is 6.15. The lowest BCUT2D eigenvalue weighted by atomic mass is 10.1. The van der Waals surface area contributed by atoms with Gasteiger partial charge in [-0.3, -0.25) is 4.79 Å². The van der Waals surface area contributed by atoms with E-state index in [1.165, 1.54) is 16.9 Å². The summed E-state index contributed by atoms with van der Waals surface area (Å²) in [6.07, 6.45) is 0.920. The molecule has 2 aromatic rings. The van der Waals surface area contributed by atoms with Crippen LogP contribution in [-0.4, -0.2) is 34.6 Å². The Morgan fingerprint density at radius 1 is 1.36 bits per heavy atom. The summed E-state index contributed by atoms with van der Waals surface area (Å²) in [6, 6.07) is 7.99. The number of nitrogens with zero attached hydrogens (tertiary/aromatic N) is 2. The molecular weight excluding hydrogens is 336 g/mol. The van der Waals surface area contributed by atoms with E-state index in [9.17, 15) is 4.79 Å². The quantitative estimate of drug-likeness (QED) is 0.801. The molecular formula is C16H17ClN2OS2. The number of rotatable bonds is 2. The summed E-state index contributed by atoms with van der Waals surface area (Å²) in [5.41, 5.74) is 1.75. The van der Waals surface area contributed by atoms with E-state index in [1.807, 2.05) is 47.2 Å². The van der Waals surface area contributed by atoms with Crippen molar-refractivity contribution >= 4 is 40.6 Å². The van der Waals surface area contributed by atoms with E-state index in [0.29, 0.717) is 10.9 Å². The van der Waals surface area contributed by atoms with Gasteiger partial charge in [0.25, 0.3) is 5.91 Å². The van der Waals surface area contributed by atoms with E-state index < -0.39 is 0 Å². The Bertz CT molecular complexity index is 674. The van der Waals surface area contributed by atoms with Gasteiger partial charge in [-0.05, 0) is 25.0 Å². The van der Waals surface area contributed by atoms with Gasteiger partial charge in [0.05, 0.1) is 5.01 Å². The van der Waals surface area contributed by atoms with Crippen LogP contribution < -0.4 is 0 Å². The van der Waals surface area contributed by atoms with Crippen LogP contribution in [0.15, 0.2) is 29.6 Å². The van der Waals surface area contributed by atoms with E-state index >= 15 is 0 Å². The lowest BCUT2D eigenvalue weighted by Crippen LogP contribution is -2.33. The predicted octanol–water partition coefficient (Wildman–Crippen LogP) is 4.43. The number of amides is 1. The predicted molar refractivity (Wildman–Crippen MR) is 94.0 cm³/mol. The van der Waals surface area contributed by atoms with Gasteiger partial charge in [-0.2, -0.15) is 11.8 Å². The monoisotopic (exact) mass is 352 g/mol. The summed E-state index contributed by atoms with van der Waals surface area (Å²) in [7, 11) is 0. The second kappa shape index (κ2) is 7.02. The Labute approximate surface area is 143 Å². The third-order valence-electron chi connectivity index (χ3n) is 3.72. The fraction of sp³-hybridized carbons (Fsp3) is 0.375. The molecule has 1 aromatic heterocycles. The number of thioether (sulfide) groups is 1. The van der Waals surface area contributed by atoms with Crippen molar-refractivity contribution in [1.29, 1.82) is 0 Å². The number of hydrogen-bond acceptors (Lipinski definition) is 4. The van der Waals surface area contributed by atoms with Gasteiger partial charge in [0.1, 0.15) is 5.69 Å². The average molecular weight is 353 g/mol. The number of carbonyl (C=O) groups excluding carboxylic acids is 1. The maximum Gasteiger partial charge on any atom is 0.273 e. The van der Waals surface area contributed by atoms with Crippen molar-refractivity contribution < 1.29 is 4.79 Å². The molecule has 0 radical (unpaired) electrons. The van der Waals surface area contributed by atoms with Gasteiger partial charge >= 0.3 is 0 Å². The third kappa shape index (κ3) is 3.47. The van der Waals surface area contributed by atoms with Crippen molar-refractivity contribution in [2.24, 2.45) is 0 Å². The molecule has 3 rings (SSSR count). The lowest BCUT2D eigenvalue weighted by molar-refractivity contribution is 0.0761. The van der Waals surface area contributed by atoms with Crippen LogP contribution in [0.2, 0.25) is 5.02 Å². The normalized spacial score (nSPS) is 19.0. The number of halogens is 1. The molecule has 0 saturated carbocycles. The van der Waals surface area contributed by atoms with Gasteiger partial charge < -0.3 is 4.90 Å². The largest absolute Gasteiger partial charge is 0.336 e. The van der Waals surface area contributed by atoms with Crippen molar-refractivity contribution in [3.05, 3.63) is 50.9 Å². The Balaban J connectivity index is 1.70. The van der Waals surface area contributed by atoms with Gasteiger partial charge in [-0.1, -0.05) is 29.8 Å². The fourth-order valence-corrected chi connectivity index (χ4v) is 4.77. The standard InChI is InChI=1S/C16H17ClN2OS2/c1-11-18-14(10-22-11)16(20)19-7-6-15(21-9-8-19)12-4-2-3-5-13(12)17/h2-5,10,15H,6-9H2,1H3. The van der Waals surface area contributed by atoms with Crippen LogP contribution in [0, 0.1) is 6.92 Å². The Morgan fingerprint density at radius 3 is 2.91 bits per heavy atom. The first-order valence-corrected chi connectivity index (χ1v) is 9.53. The van der Waals surface area contributed by atoms with Gasteiger partial charge in [0.2, 0.25) is 0 Å². The van der Waals surface area contributed by atoms with Crippen LogP contribution in [-0.2, 0) is 0 Å². The summed E-state index contributed by atoms with van der Waals surface area (Å²) in [5, 5.41) is 3.95. The van der Waals surface area contributed by atoms with Gasteiger partial charge in [-0.15, -0.1) is 11.3 Å². The molecule has 0 spiro atoms. The highest BCUT2D eigenvalue weighted by Crippen LogP contribution is 2.37. The molecule has 1 atom stereocenters. The van der Waals surface area contributed by atoms with E-state index in [1.54, 1.807) is 0 Å². The van der Waals surface area contributed by atoms with Crippen molar-refractivity contribution in [2.75, 3.05) is 18.8 Å². The zero-order valence-electron chi connectivity index (χ0n) is 12.3. The molecule has 1 fully saturated rings. The van der Waals surface area contributed by atoms with Crippen LogP contribution in [0.4, 0.5) is 0 Å². The maximum absolute atomic E-state index is 12.5. The molecule has 3 nitrogen and oxygen atoms in total. The summed E-state index contributed by atoms with van der Waals surface area (Å²) in [6.45, 7) is 3.44. The lowest BCUT2D eigenvalue weighted by Gasteiger charge is -2.19. The molecule has 2 heterocycles. The molecule has 1 amide bonds. The van der Waals surface area contributed by atoms with Crippen LogP contribution in [0.5, 0.6) is 0 Å². The van der Waals surface area contributed by atoms with Gasteiger partial charge in [0.15, 0.2) is 0 Å². The van der Waals surface area contributed by atoms with Gasteiger partial charge in [0, 0.05) is 34.5 Å². The van der Waals surface area contributed by atoms with E-state index in [-0.39, 0.29) is 5.91 Å². The topological polar surface area (TPSA) is 33.2 Å². The molecule has 1 unspecified atom stereocenters. The Hall–Kier alpha value is -1.04. The minimum Gasteiger partial charge on any atom is -0.336 e. The summed E-state index contributed by atoms with van der Waals surface area (Å²) < 4.78 is 0. The summed E-state index contributed by atoms with van der Waals surface area (Å²) in [4.78, 5) is 18.7. The SMILES string of the molecule is Cc1nc(C(=O)N2CCSC(c3ccccc3Cl)CC2)cs1. The number of carbonyl (C=O) groups is 1. The Morgan fingerprint density at radius 2 is 2.18 bits per heavy atom. The van der Waals surface area contributed by atoms with Crippen LogP contribution in [0.3, 0.4) is 0 Å². The molecule has 1 saturated heterocycles. The fourth-order valence-electron chi connectivity index (χ4n) is 2.58. The van der Waals surface area contributed by atoms with Crippen molar-refractivity contribution in [3.63, 3.8) is 0 Å². The first kappa shape index (κ1) is 15.8. The van der Waals surface area contributed by atoms with Crippen LogP contribution >= 0.6 is 34.7 Å². The highest BCUT2D eigenvalue weighted by Gasteiger charge is 2.24. The van der Waals surface area contributed by atoms with Crippen molar-refractivity contribution in [2.45, 2.75) is 18.6 Å². The van der Waals surface area contributed by atoms with E-state index in [4.69, 9.17) is 11.6 Å². The zero-order valence-corrected chi connectivity index (χ0v) is 14.7. The highest BCUT2D eigenvalue weighted by molar-refractivity contribution is 7.99. The molecule has 1 aliphatic heterocycles. The number of aromatic nitrogens is 1. The summed E-state index contributed by atoms with van der Waals surface area (Å²) >= 11 is 9.70. The smallest absolute Gasteiger partial charge is 0.273 e. The second-order valence-electron chi connectivity index (χ2n) is 5.21. The first-order valence-electron chi connectivity index (χ1n) is 7.22. The number of aryl methyl sites for hydroxylation is 1. The van der Waals surface area contributed by atoms with Crippen LogP contribution in [0.1, 0.15) is 32.7 Å². The number of benzene rings is 1. The molecule has 0 bridgehead atoms. The van der Waals surface area contributed by atoms with E-state index in [2.05, 4.69) is 11.1 Å². The second-order valence-corrected chi connectivity index (χ2v) is 7.99. The molecule has 0 aliphatic carbocycles. The number of thiazole rings is 1. The molecule has 1 aromatic carbocycles. The van der Waals surface area contributed by atoms with Crippen molar-refractivity contribution in [1.82, 2.24) is 9.88 Å². The molecule has 116 valence electrons. The molecule has 6 heteroatoms. The zero-order chi connectivity index (χ0) is 15.5. The Kier molecular flexibility index (Phi) is 5.06. The number of hydrogen-bond donors (Lipinski definition) is 0. The maximum atomic E-state index is 12.5. The van der Waals surface area contributed by atoms with Crippen molar-refractivity contribution in [3.8, 4) is 0 Å². The highest BCUT2D eigenvalue weighted by atomic mass is 35.5. The molecule has 0 N–H and O–H groups in total. The molecule has 1 aliphatic rings. The van der Waals surface area contributed by atoms with Gasteiger partial charge in [-0.25, -0.2) is 4.98 Å². The summed E-state index contributed by atoms with van der Waals surface area (Å²) in [5.74, 6) is 0.967. The van der Waals surface area contributed by atoms with Crippen LogP contribution in [0.25, 0.3) is 0 Å². The average Bonchev–Trinajstić information content (AvgIpc) is 2.81. The minimum atomic E-state index is 0.0461. The molecule has 22 heavy (non-hydrogen) atoms. The minimum absolute atomic E-state index is 0.0461. The van der Waals surface area contributed by atoms with E-state index in [0.717, 1.165) is 35.3 Å².